The molecule has 17 heteroatoms. The number of ether oxygens (including phenoxy) is 4. The van der Waals surface area contributed by atoms with Crippen LogP contribution >= 0.6 is 23.2 Å². The van der Waals surface area contributed by atoms with Crippen molar-refractivity contribution in [2.45, 2.75) is 12.2 Å². The second kappa shape index (κ2) is 18.6. The maximum absolute atomic E-state index is 14.1. The van der Waals surface area contributed by atoms with Crippen molar-refractivity contribution in [2.75, 3.05) is 11.5 Å². The fourth-order valence-electron chi connectivity index (χ4n) is 5.55. The molecule has 6 rings (SSSR count). The Kier molecular flexibility index (Phi) is 13.2. The number of non-ortho nitro benzene ring substituents is 2. The van der Waals surface area contributed by atoms with Gasteiger partial charge >= 0.3 is 11.9 Å². The lowest BCUT2D eigenvalue weighted by molar-refractivity contribution is -0.385. The van der Waals surface area contributed by atoms with Crippen LogP contribution in [0.5, 0.6) is 23.0 Å². The molecule has 6 aromatic rings. The van der Waals surface area contributed by atoms with Gasteiger partial charge in [0.25, 0.3) is 11.4 Å². The summed E-state index contributed by atoms with van der Waals surface area (Å²) in [5.41, 5.74) is 0.649. The highest BCUT2D eigenvalue weighted by molar-refractivity contribution is 7.91. The van der Waals surface area contributed by atoms with Gasteiger partial charge in [0.05, 0.1) is 32.5 Å². The van der Waals surface area contributed by atoms with Crippen molar-refractivity contribution in [3.63, 3.8) is 0 Å². The summed E-state index contributed by atoms with van der Waals surface area (Å²) in [5, 5.41) is 22.8. The van der Waals surface area contributed by atoms with Crippen LogP contribution in [0.25, 0.3) is 0 Å². The highest BCUT2D eigenvalue weighted by atomic mass is 35.5. The number of benzene rings is 6. The van der Waals surface area contributed by atoms with E-state index in [1.807, 2.05) is 0 Å². The van der Waals surface area contributed by atoms with Gasteiger partial charge in [-0.2, -0.15) is 0 Å². The SMILES string of the molecule is O=C(Oc1ccc(C(CS(=O)(=O)CC(Oc2ccc(Cl)cc2)c2ccc(OC(=O)c3ccc([N+](=O)[O-])cc3)cc2)Oc2ccc(Cl)cc2)cc1)c1ccc([N+](=O)[O-])cc1. The second-order valence-corrected chi connectivity index (χ2v) is 15.7. The molecule has 0 aliphatic carbocycles. The van der Waals surface area contributed by atoms with Gasteiger partial charge in [0.15, 0.2) is 9.84 Å². The average Bonchev–Trinajstić information content (AvgIpc) is 3.22. The number of nitrogens with zero attached hydrogens (tertiary/aromatic N) is 2. The van der Waals surface area contributed by atoms with Gasteiger partial charge in [-0.25, -0.2) is 18.0 Å². The lowest BCUT2D eigenvalue weighted by Crippen LogP contribution is -2.26. The summed E-state index contributed by atoms with van der Waals surface area (Å²) in [5.74, 6) is -1.65. The third-order valence-electron chi connectivity index (χ3n) is 8.55. The van der Waals surface area contributed by atoms with Gasteiger partial charge < -0.3 is 18.9 Å². The lowest BCUT2D eigenvalue weighted by atomic mass is 10.1. The predicted molar refractivity (Wildman–Crippen MR) is 217 cm³/mol. The Balaban J connectivity index is 1.22. The van der Waals surface area contributed by atoms with Crippen LogP contribution < -0.4 is 18.9 Å². The molecule has 300 valence electrons. The van der Waals surface area contributed by atoms with E-state index in [4.69, 9.17) is 42.1 Å². The van der Waals surface area contributed by atoms with Gasteiger partial charge in [-0.3, -0.25) is 20.2 Å². The van der Waals surface area contributed by atoms with Gasteiger partial charge in [-0.1, -0.05) is 47.5 Å². The summed E-state index contributed by atoms with van der Waals surface area (Å²) in [6.07, 6.45) is -2.14. The van der Waals surface area contributed by atoms with Crippen molar-refractivity contribution in [3.8, 4) is 23.0 Å². The van der Waals surface area contributed by atoms with E-state index in [-0.39, 0.29) is 34.0 Å². The molecule has 0 aliphatic heterocycles. The fourth-order valence-corrected chi connectivity index (χ4v) is 7.38. The molecule has 0 saturated heterocycles. The Hall–Kier alpha value is -6.81. The van der Waals surface area contributed by atoms with E-state index in [1.165, 1.54) is 72.8 Å². The van der Waals surface area contributed by atoms with Gasteiger partial charge in [0.1, 0.15) is 35.2 Å². The Bertz CT molecular complexity index is 2380. The molecule has 0 heterocycles. The van der Waals surface area contributed by atoms with E-state index in [1.54, 1.807) is 72.8 Å². The number of hydrogen-bond donors (Lipinski definition) is 0. The summed E-state index contributed by atoms with van der Waals surface area (Å²) in [7, 11) is -4.05. The third-order valence-corrected chi connectivity index (χ3v) is 10.7. The minimum atomic E-state index is -4.05. The zero-order chi connectivity index (χ0) is 42.1. The number of rotatable bonds is 16. The molecule has 0 bridgehead atoms. The van der Waals surface area contributed by atoms with Gasteiger partial charge in [-0.05, 0) is 108 Å². The van der Waals surface area contributed by atoms with Crippen molar-refractivity contribution in [1.82, 2.24) is 0 Å². The third kappa shape index (κ3) is 11.6. The lowest BCUT2D eigenvalue weighted by Gasteiger charge is -2.23. The Morgan fingerprint density at radius 2 is 0.797 bits per heavy atom. The topological polar surface area (TPSA) is 191 Å². The molecule has 14 nitrogen and oxygen atoms in total. The van der Waals surface area contributed by atoms with Crippen LogP contribution in [-0.2, 0) is 9.84 Å². The van der Waals surface area contributed by atoms with Crippen LogP contribution in [0, 0.1) is 20.2 Å². The maximum atomic E-state index is 14.1. The summed E-state index contributed by atoms with van der Waals surface area (Å²) in [6, 6.07) is 34.6. The number of sulfone groups is 1. The molecule has 2 atom stereocenters. The van der Waals surface area contributed by atoms with E-state index in [0.717, 1.165) is 0 Å². The smallest absolute Gasteiger partial charge is 0.343 e. The van der Waals surface area contributed by atoms with Crippen molar-refractivity contribution >= 4 is 56.4 Å². The van der Waals surface area contributed by atoms with E-state index in [2.05, 4.69) is 0 Å². The summed E-state index contributed by atoms with van der Waals surface area (Å²) >= 11 is 12.2. The molecular formula is C42H30Cl2N2O12S. The second-order valence-electron chi connectivity index (χ2n) is 12.7. The fraction of sp³-hybridized carbons (Fsp3) is 0.0952. The summed E-state index contributed by atoms with van der Waals surface area (Å²) in [4.78, 5) is 46.2. The first kappa shape index (κ1) is 41.8. The Morgan fingerprint density at radius 1 is 0.492 bits per heavy atom. The molecule has 0 amide bonds. The number of carbonyl (C=O) groups excluding carboxylic acids is 2. The van der Waals surface area contributed by atoms with Crippen molar-refractivity contribution in [1.29, 1.82) is 0 Å². The molecule has 0 aliphatic rings. The molecule has 0 spiro atoms. The first-order valence-corrected chi connectivity index (χ1v) is 20.0. The van der Waals surface area contributed by atoms with Crippen LogP contribution in [0.2, 0.25) is 10.0 Å². The highest BCUT2D eigenvalue weighted by Crippen LogP contribution is 2.31. The van der Waals surface area contributed by atoms with Crippen molar-refractivity contribution < 1.29 is 46.8 Å². The zero-order valence-corrected chi connectivity index (χ0v) is 32.7. The van der Waals surface area contributed by atoms with Crippen molar-refractivity contribution in [3.05, 3.63) is 198 Å². The molecule has 0 fully saturated rings. The van der Waals surface area contributed by atoms with E-state index in [9.17, 15) is 38.2 Å². The van der Waals surface area contributed by atoms with Gasteiger partial charge in [0, 0.05) is 34.3 Å². The number of esters is 2. The maximum Gasteiger partial charge on any atom is 0.343 e. The summed E-state index contributed by atoms with van der Waals surface area (Å²) in [6.45, 7) is 0. The van der Waals surface area contributed by atoms with E-state index >= 15 is 0 Å². The van der Waals surface area contributed by atoms with Crippen molar-refractivity contribution in [2.24, 2.45) is 0 Å². The molecular weight excluding hydrogens is 827 g/mol. The quantitative estimate of drug-likeness (QED) is 0.0388. The molecule has 59 heavy (non-hydrogen) atoms. The summed E-state index contributed by atoms with van der Waals surface area (Å²) < 4.78 is 51.5. The Morgan fingerprint density at radius 3 is 1.10 bits per heavy atom. The number of hydrogen-bond acceptors (Lipinski definition) is 12. The van der Waals surface area contributed by atoms with Gasteiger partial charge in [0.2, 0.25) is 0 Å². The van der Waals surface area contributed by atoms with E-state index in [0.29, 0.717) is 32.7 Å². The normalized spacial score (nSPS) is 12.1. The number of nitro benzene ring substituents is 2. The molecule has 2 unspecified atom stereocenters. The number of carbonyl (C=O) groups is 2. The largest absolute Gasteiger partial charge is 0.485 e. The average molecular weight is 858 g/mol. The Labute approximate surface area is 346 Å². The van der Waals surface area contributed by atoms with Gasteiger partial charge in [-0.15, -0.1) is 0 Å². The van der Waals surface area contributed by atoms with Crippen LogP contribution in [0.3, 0.4) is 0 Å². The van der Waals surface area contributed by atoms with E-state index < -0.39 is 55.3 Å². The molecule has 0 N–H and O–H groups in total. The minimum absolute atomic E-state index is 0.0861. The molecule has 0 radical (unpaired) electrons. The van der Waals surface area contributed by atoms with Crippen LogP contribution in [0.1, 0.15) is 44.1 Å². The minimum Gasteiger partial charge on any atom is -0.485 e. The first-order chi connectivity index (χ1) is 28.2. The van der Waals surface area contributed by atoms with Crippen LogP contribution in [-0.4, -0.2) is 41.7 Å². The van der Waals surface area contributed by atoms with Crippen LogP contribution in [0.15, 0.2) is 146 Å². The number of nitro groups is 2. The molecule has 0 saturated carbocycles. The monoisotopic (exact) mass is 856 g/mol. The number of halogens is 2. The zero-order valence-electron chi connectivity index (χ0n) is 30.4. The molecule has 0 aromatic heterocycles. The predicted octanol–water partition coefficient (Wildman–Crippen LogP) is 9.60. The molecule has 6 aromatic carbocycles. The van der Waals surface area contributed by atoms with Crippen LogP contribution in [0.4, 0.5) is 11.4 Å². The highest BCUT2D eigenvalue weighted by Gasteiger charge is 2.29. The standard InChI is InChI=1S/C42H30Cl2N2O12S/c43-31-9-21-35(22-10-31)55-39(27-5-17-37(18-6-27)57-41(47)29-1-13-33(14-2-29)45(49)50)25-59(53,54)26-40(56-36-23-11-32(44)12-24-36)28-7-19-38(20-8-28)58-42(48)30-3-15-34(16-4-30)46(51)52/h1-24,39-40H,25-26H2. The first-order valence-electron chi connectivity index (χ1n) is 17.4.